The number of ether oxygens (including phenoxy) is 2. The Kier molecular flexibility index (Phi) is 5.44. The number of halogens is 1. The van der Waals surface area contributed by atoms with Crippen LogP contribution in [0.15, 0.2) is 60.9 Å². The number of benzene rings is 2. The Morgan fingerprint density at radius 2 is 1.86 bits per heavy atom. The van der Waals surface area contributed by atoms with Gasteiger partial charge in [0, 0.05) is 43.5 Å². The molecule has 4 heterocycles. The van der Waals surface area contributed by atoms with Gasteiger partial charge in [-0.2, -0.15) is 5.10 Å². The van der Waals surface area contributed by atoms with Crippen molar-refractivity contribution in [2.75, 3.05) is 24.8 Å². The first kappa shape index (κ1) is 21.4. The van der Waals surface area contributed by atoms with Crippen LogP contribution in [0, 0.1) is 11.7 Å². The number of rotatable bonds is 5. The van der Waals surface area contributed by atoms with Gasteiger partial charge in [0.2, 0.25) is 12.7 Å². The number of hydrogen-bond acceptors (Lipinski definition) is 6. The van der Waals surface area contributed by atoms with E-state index >= 15 is 0 Å². The lowest BCUT2D eigenvalue weighted by Crippen LogP contribution is -2.40. The average Bonchev–Trinajstić information content (AvgIpc) is 3.54. The molecule has 35 heavy (non-hydrogen) atoms. The largest absolute Gasteiger partial charge is 0.454 e. The molecular weight excluding hydrogens is 449 g/mol. The Labute approximate surface area is 201 Å². The Balaban J connectivity index is 1.10. The number of nitrogens with zero attached hydrogens (tertiary/aromatic N) is 4. The number of aromatic nitrogens is 3. The molecule has 8 nitrogen and oxygen atoms in total. The van der Waals surface area contributed by atoms with Crippen LogP contribution in [-0.2, 0) is 11.3 Å². The highest BCUT2D eigenvalue weighted by atomic mass is 19.1. The lowest BCUT2D eigenvalue weighted by Gasteiger charge is -2.32. The first-order chi connectivity index (χ1) is 17.1. The van der Waals surface area contributed by atoms with E-state index in [2.05, 4.69) is 20.3 Å². The Morgan fingerprint density at radius 3 is 2.69 bits per heavy atom. The van der Waals surface area contributed by atoms with Crippen molar-refractivity contribution < 1.29 is 18.7 Å². The number of anilines is 1. The molecule has 0 spiro atoms. The van der Waals surface area contributed by atoms with Crippen LogP contribution in [0.25, 0.3) is 16.8 Å². The minimum absolute atomic E-state index is 0.0420. The fourth-order valence-electron chi connectivity index (χ4n) is 4.65. The summed E-state index contributed by atoms with van der Waals surface area (Å²) in [5.41, 5.74) is 3.47. The first-order valence-corrected chi connectivity index (χ1v) is 11.7. The summed E-state index contributed by atoms with van der Waals surface area (Å²) in [6.45, 7) is 2.15. The number of fused-ring (bicyclic) bond motifs is 2. The topological polar surface area (TPSA) is 81.0 Å². The highest BCUT2D eigenvalue weighted by Crippen LogP contribution is 2.33. The third-order valence-corrected chi connectivity index (χ3v) is 6.58. The zero-order valence-electron chi connectivity index (χ0n) is 19.0. The van der Waals surface area contributed by atoms with Crippen molar-refractivity contribution in [3.8, 4) is 22.8 Å². The second-order valence-corrected chi connectivity index (χ2v) is 8.78. The second-order valence-electron chi connectivity index (χ2n) is 8.78. The van der Waals surface area contributed by atoms with E-state index in [1.807, 2.05) is 30.5 Å². The van der Waals surface area contributed by atoms with Gasteiger partial charge in [0.25, 0.3) is 0 Å². The van der Waals surface area contributed by atoms with Gasteiger partial charge in [-0.1, -0.05) is 6.07 Å². The molecular formula is C26H24FN5O3. The predicted octanol–water partition coefficient (Wildman–Crippen LogP) is 3.80. The summed E-state index contributed by atoms with van der Waals surface area (Å²) in [7, 11) is 0. The molecule has 9 heteroatoms. The molecule has 0 radical (unpaired) electrons. The van der Waals surface area contributed by atoms with Crippen molar-refractivity contribution in [1.29, 1.82) is 0 Å². The summed E-state index contributed by atoms with van der Waals surface area (Å²) in [5.74, 6) is 2.04. The van der Waals surface area contributed by atoms with E-state index in [4.69, 9.17) is 9.47 Å². The number of nitrogens with one attached hydrogen (secondary N) is 1. The van der Waals surface area contributed by atoms with E-state index in [9.17, 15) is 9.18 Å². The molecule has 1 amide bonds. The molecule has 0 unspecified atom stereocenters. The third kappa shape index (κ3) is 4.25. The molecule has 6 rings (SSSR count). The smallest absolute Gasteiger partial charge is 0.231 e. The van der Waals surface area contributed by atoms with E-state index in [0.29, 0.717) is 12.3 Å². The van der Waals surface area contributed by atoms with Crippen LogP contribution in [0.3, 0.4) is 0 Å². The standard InChI is InChI=1S/C26H24FN5O3/c27-20-4-2-18(3-5-20)21-14-22-25(28-9-12-32(22)30-21)31-10-7-19(8-11-31)26(33)29-15-17-1-6-23-24(13-17)35-16-34-23/h1-6,9,12-14,19H,7-8,10-11,15-16H2,(H,29,33). The van der Waals surface area contributed by atoms with E-state index < -0.39 is 0 Å². The number of carbonyl (C=O) groups excluding carboxylic acids is 1. The van der Waals surface area contributed by atoms with Gasteiger partial charge in [0.15, 0.2) is 17.3 Å². The summed E-state index contributed by atoms with van der Waals surface area (Å²) in [5, 5.41) is 7.69. The molecule has 0 bridgehead atoms. The maximum Gasteiger partial charge on any atom is 0.231 e. The fourth-order valence-corrected chi connectivity index (χ4v) is 4.65. The molecule has 1 fully saturated rings. The highest BCUT2D eigenvalue weighted by Gasteiger charge is 2.27. The van der Waals surface area contributed by atoms with Gasteiger partial charge in [-0.05, 0) is 60.9 Å². The van der Waals surface area contributed by atoms with Crippen LogP contribution >= 0.6 is 0 Å². The van der Waals surface area contributed by atoms with Gasteiger partial charge in [-0.15, -0.1) is 0 Å². The van der Waals surface area contributed by atoms with Crippen molar-refractivity contribution >= 4 is 17.2 Å². The fraction of sp³-hybridized carbons (Fsp3) is 0.269. The van der Waals surface area contributed by atoms with Gasteiger partial charge in [0.05, 0.1) is 5.69 Å². The predicted molar refractivity (Wildman–Crippen MR) is 128 cm³/mol. The van der Waals surface area contributed by atoms with Gasteiger partial charge < -0.3 is 19.7 Å². The summed E-state index contributed by atoms with van der Waals surface area (Å²) >= 11 is 0. The van der Waals surface area contributed by atoms with E-state index in [-0.39, 0.29) is 24.4 Å². The first-order valence-electron chi connectivity index (χ1n) is 11.7. The Morgan fingerprint density at radius 1 is 1.06 bits per heavy atom. The van der Waals surface area contributed by atoms with Crippen molar-refractivity contribution in [1.82, 2.24) is 19.9 Å². The molecule has 2 aromatic carbocycles. The van der Waals surface area contributed by atoms with Gasteiger partial charge in [-0.25, -0.2) is 13.9 Å². The maximum absolute atomic E-state index is 13.3. The number of hydrogen-bond donors (Lipinski definition) is 1. The third-order valence-electron chi connectivity index (χ3n) is 6.58. The molecule has 0 saturated carbocycles. The van der Waals surface area contributed by atoms with Crippen LogP contribution in [0.4, 0.5) is 10.2 Å². The van der Waals surface area contributed by atoms with Gasteiger partial charge in [0.1, 0.15) is 11.3 Å². The molecule has 0 atom stereocenters. The number of carbonyl (C=O) groups is 1. The monoisotopic (exact) mass is 473 g/mol. The Bertz CT molecular complexity index is 1380. The molecule has 2 aromatic heterocycles. The minimum Gasteiger partial charge on any atom is -0.454 e. The maximum atomic E-state index is 13.3. The van der Waals surface area contributed by atoms with Crippen molar-refractivity contribution in [2.45, 2.75) is 19.4 Å². The van der Waals surface area contributed by atoms with Crippen LogP contribution in [0.1, 0.15) is 18.4 Å². The molecule has 178 valence electrons. The van der Waals surface area contributed by atoms with Gasteiger partial charge >= 0.3 is 0 Å². The van der Waals surface area contributed by atoms with E-state index in [1.165, 1.54) is 12.1 Å². The quantitative estimate of drug-likeness (QED) is 0.475. The zero-order chi connectivity index (χ0) is 23.8. The van der Waals surface area contributed by atoms with Crippen molar-refractivity contribution in [3.63, 3.8) is 0 Å². The average molecular weight is 474 g/mol. The molecule has 2 aliphatic heterocycles. The van der Waals surface area contributed by atoms with Gasteiger partial charge in [-0.3, -0.25) is 4.79 Å². The number of amides is 1. The SMILES string of the molecule is O=C(NCc1ccc2c(c1)OCO2)C1CCN(c2nccn3nc(-c4ccc(F)cc4)cc23)CC1. The number of piperidine rings is 1. The second kappa shape index (κ2) is 8.90. The lowest BCUT2D eigenvalue weighted by atomic mass is 9.95. The van der Waals surface area contributed by atoms with E-state index in [0.717, 1.165) is 59.8 Å². The minimum atomic E-state index is -0.275. The summed E-state index contributed by atoms with van der Waals surface area (Å²) in [6, 6.07) is 14.0. The van der Waals surface area contributed by atoms with Crippen LogP contribution in [-0.4, -0.2) is 40.4 Å². The van der Waals surface area contributed by atoms with Crippen LogP contribution < -0.4 is 19.7 Å². The molecule has 1 saturated heterocycles. The molecule has 1 N–H and O–H groups in total. The van der Waals surface area contributed by atoms with Crippen molar-refractivity contribution in [3.05, 3.63) is 72.3 Å². The summed E-state index contributed by atoms with van der Waals surface area (Å²) in [4.78, 5) is 19.6. The molecule has 2 aliphatic rings. The zero-order valence-corrected chi connectivity index (χ0v) is 19.0. The Hall–Kier alpha value is -4.14. The van der Waals surface area contributed by atoms with Crippen molar-refractivity contribution in [2.24, 2.45) is 5.92 Å². The molecule has 4 aromatic rings. The normalized spacial score (nSPS) is 15.5. The highest BCUT2D eigenvalue weighted by molar-refractivity contribution is 5.79. The summed E-state index contributed by atoms with van der Waals surface area (Å²) < 4.78 is 25.8. The van der Waals surface area contributed by atoms with Crippen LogP contribution in [0.2, 0.25) is 0 Å². The lowest BCUT2D eigenvalue weighted by molar-refractivity contribution is -0.125. The molecule has 0 aliphatic carbocycles. The summed E-state index contributed by atoms with van der Waals surface area (Å²) in [6.07, 6.45) is 5.03. The van der Waals surface area contributed by atoms with E-state index in [1.54, 1.807) is 22.8 Å². The van der Waals surface area contributed by atoms with Crippen LogP contribution in [0.5, 0.6) is 11.5 Å².